The summed E-state index contributed by atoms with van der Waals surface area (Å²) in [6, 6.07) is 4.19. The van der Waals surface area contributed by atoms with E-state index in [2.05, 4.69) is 0 Å². The van der Waals surface area contributed by atoms with Crippen LogP contribution in [0.1, 0.15) is 12.0 Å². The molecule has 1 aliphatic rings. The highest BCUT2D eigenvalue weighted by molar-refractivity contribution is 7.99. The standard InChI is InChI=1S/C13H16ClNO4S2/c1-9-2-3-10(14)6-12(9)21(18,19)15-4-5-20-8-11(15)7-13(16)17/h2-3,6,11H,4-5,7-8H2,1H3,(H,16,17). The predicted octanol–water partition coefficient (Wildman–Crippen LogP) is 2.23. The molecule has 0 amide bonds. The maximum Gasteiger partial charge on any atom is 0.305 e. The Kier molecular flexibility index (Phi) is 5.19. The van der Waals surface area contributed by atoms with Crippen molar-refractivity contribution in [1.29, 1.82) is 0 Å². The van der Waals surface area contributed by atoms with Crippen molar-refractivity contribution >= 4 is 39.4 Å². The lowest BCUT2D eigenvalue weighted by Crippen LogP contribution is -2.47. The lowest BCUT2D eigenvalue weighted by molar-refractivity contribution is -0.137. The normalized spacial score (nSPS) is 20.4. The van der Waals surface area contributed by atoms with Gasteiger partial charge in [0.2, 0.25) is 10.0 Å². The number of sulfonamides is 1. The summed E-state index contributed by atoms with van der Waals surface area (Å²) in [4.78, 5) is 11.1. The number of rotatable bonds is 4. The smallest absolute Gasteiger partial charge is 0.305 e. The highest BCUT2D eigenvalue weighted by Crippen LogP contribution is 2.29. The summed E-state index contributed by atoms with van der Waals surface area (Å²) in [5, 5.41) is 9.31. The Bertz CT molecular complexity index is 648. The van der Waals surface area contributed by atoms with E-state index in [1.165, 1.54) is 10.4 Å². The minimum Gasteiger partial charge on any atom is -0.481 e. The first-order chi connectivity index (χ1) is 9.82. The van der Waals surface area contributed by atoms with Gasteiger partial charge in [-0.05, 0) is 24.6 Å². The highest BCUT2D eigenvalue weighted by atomic mass is 35.5. The summed E-state index contributed by atoms with van der Waals surface area (Å²) in [6.45, 7) is 2.02. The van der Waals surface area contributed by atoms with Crippen molar-refractivity contribution in [2.45, 2.75) is 24.3 Å². The van der Waals surface area contributed by atoms with Crippen molar-refractivity contribution in [1.82, 2.24) is 4.31 Å². The first kappa shape index (κ1) is 16.6. The number of aliphatic carboxylic acids is 1. The number of halogens is 1. The van der Waals surface area contributed by atoms with Gasteiger partial charge in [0, 0.05) is 29.1 Å². The second-order valence-corrected chi connectivity index (χ2v) is 8.30. The van der Waals surface area contributed by atoms with Crippen LogP contribution in [0, 0.1) is 6.92 Å². The lowest BCUT2D eigenvalue weighted by atomic mass is 10.2. The first-order valence-electron chi connectivity index (χ1n) is 6.40. The van der Waals surface area contributed by atoms with Crippen LogP contribution in [0.25, 0.3) is 0 Å². The van der Waals surface area contributed by atoms with Crippen LogP contribution < -0.4 is 0 Å². The Morgan fingerprint density at radius 3 is 2.90 bits per heavy atom. The molecule has 0 spiro atoms. The molecule has 0 bridgehead atoms. The first-order valence-corrected chi connectivity index (χ1v) is 9.37. The fourth-order valence-electron chi connectivity index (χ4n) is 2.30. The molecule has 2 rings (SSSR count). The van der Waals surface area contributed by atoms with Gasteiger partial charge in [0.25, 0.3) is 0 Å². The molecule has 1 saturated heterocycles. The van der Waals surface area contributed by atoms with Crippen molar-refractivity contribution in [3.63, 3.8) is 0 Å². The zero-order valence-corrected chi connectivity index (χ0v) is 13.8. The van der Waals surface area contributed by atoms with Gasteiger partial charge >= 0.3 is 5.97 Å². The predicted molar refractivity (Wildman–Crippen MR) is 83.4 cm³/mol. The number of carbonyl (C=O) groups is 1. The fraction of sp³-hybridized carbons (Fsp3) is 0.462. The molecule has 1 aromatic rings. The van der Waals surface area contributed by atoms with Crippen molar-refractivity contribution in [3.8, 4) is 0 Å². The van der Waals surface area contributed by atoms with Crippen LogP contribution in [0.3, 0.4) is 0 Å². The third-order valence-electron chi connectivity index (χ3n) is 3.32. The molecule has 0 aromatic heterocycles. The maximum absolute atomic E-state index is 12.8. The summed E-state index contributed by atoms with van der Waals surface area (Å²) in [7, 11) is -3.74. The van der Waals surface area contributed by atoms with E-state index < -0.39 is 22.0 Å². The Morgan fingerprint density at radius 1 is 1.52 bits per heavy atom. The number of hydrogen-bond donors (Lipinski definition) is 1. The number of carboxylic acids is 1. The number of carboxylic acid groups (broad SMARTS) is 1. The zero-order valence-electron chi connectivity index (χ0n) is 11.5. The van der Waals surface area contributed by atoms with Crippen LogP contribution in [0.2, 0.25) is 5.02 Å². The Morgan fingerprint density at radius 2 is 2.24 bits per heavy atom. The van der Waals surface area contributed by atoms with E-state index in [0.717, 1.165) is 0 Å². The Hall–Kier alpha value is -0.760. The van der Waals surface area contributed by atoms with Crippen LogP contribution in [-0.4, -0.2) is 47.9 Å². The molecule has 1 atom stereocenters. The van der Waals surface area contributed by atoms with Crippen LogP contribution >= 0.6 is 23.4 Å². The average molecular weight is 350 g/mol. The fourth-order valence-corrected chi connectivity index (χ4v) is 5.68. The van der Waals surface area contributed by atoms with Gasteiger partial charge in [-0.3, -0.25) is 4.79 Å². The average Bonchev–Trinajstić information content (AvgIpc) is 2.41. The Labute approximate surface area is 133 Å². The van der Waals surface area contributed by atoms with Gasteiger partial charge in [-0.1, -0.05) is 17.7 Å². The maximum atomic E-state index is 12.8. The molecular formula is C13H16ClNO4S2. The molecule has 5 nitrogen and oxygen atoms in total. The summed E-state index contributed by atoms with van der Waals surface area (Å²) in [6.07, 6.45) is -0.189. The molecule has 1 unspecified atom stereocenters. The monoisotopic (exact) mass is 349 g/mol. The number of aryl methyl sites for hydroxylation is 1. The molecule has 1 fully saturated rings. The van der Waals surface area contributed by atoms with E-state index in [1.54, 1.807) is 30.8 Å². The minimum absolute atomic E-state index is 0.150. The number of benzene rings is 1. The topological polar surface area (TPSA) is 74.7 Å². The largest absolute Gasteiger partial charge is 0.481 e. The third-order valence-corrected chi connectivity index (χ3v) is 6.74. The van der Waals surface area contributed by atoms with Crippen molar-refractivity contribution in [3.05, 3.63) is 28.8 Å². The number of hydrogen-bond acceptors (Lipinski definition) is 4. The Balaban J connectivity index is 2.40. The third kappa shape index (κ3) is 3.71. The summed E-state index contributed by atoms with van der Waals surface area (Å²) < 4.78 is 26.9. The summed E-state index contributed by atoms with van der Waals surface area (Å²) in [5.74, 6) is 0.158. The van der Waals surface area contributed by atoms with Crippen LogP contribution in [0.4, 0.5) is 0 Å². The molecule has 1 heterocycles. The second kappa shape index (κ2) is 6.56. The second-order valence-electron chi connectivity index (χ2n) is 4.85. The van der Waals surface area contributed by atoms with Gasteiger partial charge < -0.3 is 5.11 Å². The lowest BCUT2D eigenvalue weighted by Gasteiger charge is -2.33. The molecular weight excluding hydrogens is 334 g/mol. The molecule has 1 aromatic carbocycles. The molecule has 0 saturated carbocycles. The van der Waals surface area contributed by atoms with Gasteiger partial charge in [-0.15, -0.1) is 0 Å². The zero-order chi connectivity index (χ0) is 15.6. The van der Waals surface area contributed by atoms with Crippen molar-refractivity contribution in [2.75, 3.05) is 18.1 Å². The van der Waals surface area contributed by atoms with E-state index in [4.69, 9.17) is 16.7 Å². The molecule has 21 heavy (non-hydrogen) atoms. The van der Waals surface area contributed by atoms with E-state index in [1.807, 2.05) is 0 Å². The van der Waals surface area contributed by atoms with Gasteiger partial charge in [-0.2, -0.15) is 16.1 Å². The van der Waals surface area contributed by atoms with Gasteiger partial charge in [0.05, 0.1) is 11.3 Å². The molecule has 0 radical (unpaired) electrons. The minimum atomic E-state index is -3.74. The number of nitrogens with zero attached hydrogens (tertiary/aromatic N) is 1. The van der Waals surface area contributed by atoms with Crippen LogP contribution in [0.5, 0.6) is 0 Å². The van der Waals surface area contributed by atoms with Gasteiger partial charge in [0.15, 0.2) is 0 Å². The molecule has 1 aliphatic heterocycles. The van der Waals surface area contributed by atoms with Crippen LogP contribution in [-0.2, 0) is 14.8 Å². The van der Waals surface area contributed by atoms with Gasteiger partial charge in [0.1, 0.15) is 0 Å². The molecule has 1 N–H and O–H groups in total. The molecule has 8 heteroatoms. The summed E-state index contributed by atoms with van der Waals surface area (Å²) >= 11 is 7.47. The van der Waals surface area contributed by atoms with E-state index in [9.17, 15) is 13.2 Å². The SMILES string of the molecule is Cc1ccc(Cl)cc1S(=O)(=O)N1CCSCC1CC(=O)O. The number of thioether (sulfide) groups is 1. The van der Waals surface area contributed by atoms with Crippen molar-refractivity contribution in [2.24, 2.45) is 0 Å². The van der Waals surface area contributed by atoms with E-state index in [0.29, 0.717) is 28.6 Å². The quantitative estimate of drug-likeness (QED) is 0.902. The molecule has 116 valence electrons. The summed E-state index contributed by atoms with van der Waals surface area (Å²) in [5.41, 5.74) is 0.603. The van der Waals surface area contributed by atoms with Gasteiger partial charge in [-0.25, -0.2) is 8.42 Å². The molecule has 0 aliphatic carbocycles. The van der Waals surface area contributed by atoms with Crippen molar-refractivity contribution < 1.29 is 18.3 Å². The van der Waals surface area contributed by atoms with E-state index >= 15 is 0 Å². The van der Waals surface area contributed by atoms with Crippen LogP contribution in [0.15, 0.2) is 23.1 Å². The highest BCUT2D eigenvalue weighted by Gasteiger charge is 2.35. The van der Waals surface area contributed by atoms with E-state index in [-0.39, 0.29) is 11.3 Å².